The van der Waals surface area contributed by atoms with Gasteiger partial charge in [0.2, 0.25) is 0 Å². The lowest BCUT2D eigenvalue weighted by molar-refractivity contribution is -0.137. The molecule has 0 amide bonds. The van der Waals surface area contributed by atoms with Gasteiger partial charge >= 0.3 is 5.97 Å². The summed E-state index contributed by atoms with van der Waals surface area (Å²) in [5, 5.41) is 14.1. The van der Waals surface area contributed by atoms with Crippen LogP contribution in [0.15, 0.2) is 97.2 Å². The molecule has 0 fully saturated rings. The van der Waals surface area contributed by atoms with Crippen LogP contribution in [0.5, 0.6) is 5.75 Å². The third-order valence-corrected chi connectivity index (χ3v) is 7.38. The Morgan fingerprint density at radius 1 is 0.974 bits per heavy atom. The molecule has 6 rings (SSSR count). The molecule has 39 heavy (non-hydrogen) atoms. The van der Waals surface area contributed by atoms with Gasteiger partial charge in [0.15, 0.2) is 0 Å². The smallest absolute Gasteiger partial charge is 0.305 e. The van der Waals surface area contributed by atoms with Gasteiger partial charge < -0.3 is 19.7 Å². The monoisotopic (exact) mass is 517 g/mol. The van der Waals surface area contributed by atoms with Crippen molar-refractivity contribution in [2.45, 2.75) is 31.7 Å². The number of hydrogen-bond acceptors (Lipinski definition) is 4. The molecule has 0 bridgehead atoms. The Hall–Kier alpha value is -4.58. The molecule has 0 radical (unpaired) electrons. The molecular weight excluding hydrogens is 486 g/mol. The fourth-order valence-electron chi connectivity index (χ4n) is 5.36. The molecule has 0 aliphatic carbocycles. The van der Waals surface area contributed by atoms with Crippen LogP contribution in [0.2, 0.25) is 0 Å². The Balaban J connectivity index is 1.18. The fraction of sp³-hybridized carbons (Fsp3) is 0.212. The van der Waals surface area contributed by atoms with E-state index in [1.165, 1.54) is 5.56 Å². The molecule has 196 valence electrons. The quantitative estimate of drug-likeness (QED) is 0.226. The van der Waals surface area contributed by atoms with Gasteiger partial charge in [0.25, 0.3) is 0 Å². The highest BCUT2D eigenvalue weighted by molar-refractivity contribution is 5.82. The zero-order chi connectivity index (χ0) is 26.6. The van der Waals surface area contributed by atoms with Crippen molar-refractivity contribution in [3.63, 3.8) is 0 Å². The molecule has 2 N–H and O–H groups in total. The van der Waals surface area contributed by atoms with Crippen LogP contribution in [0.1, 0.15) is 35.7 Å². The van der Waals surface area contributed by atoms with Crippen LogP contribution in [0.3, 0.4) is 0 Å². The third-order valence-electron chi connectivity index (χ3n) is 7.38. The van der Waals surface area contributed by atoms with Crippen LogP contribution in [0, 0.1) is 0 Å². The molecule has 6 heteroatoms. The van der Waals surface area contributed by atoms with E-state index >= 15 is 0 Å². The van der Waals surface area contributed by atoms with Crippen molar-refractivity contribution in [2.75, 3.05) is 18.5 Å². The van der Waals surface area contributed by atoms with Crippen molar-refractivity contribution in [1.82, 2.24) is 9.55 Å². The van der Waals surface area contributed by atoms with Crippen LogP contribution in [-0.2, 0) is 17.6 Å². The number of hydrogen-bond donors (Lipinski definition) is 2. The Morgan fingerprint density at radius 2 is 1.79 bits per heavy atom. The van der Waals surface area contributed by atoms with Gasteiger partial charge in [-0.2, -0.15) is 0 Å². The highest BCUT2D eigenvalue weighted by Gasteiger charge is 2.20. The summed E-state index contributed by atoms with van der Waals surface area (Å²) in [7, 11) is 0. The van der Waals surface area contributed by atoms with E-state index in [0.29, 0.717) is 6.61 Å². The minimum atomic E-state index is -0.833. The minimum absolute atomic E-state index is 0.00461. The van der Waals surface area contributed by atoms with Gasteiger partial charge in [-0.15, -0.1) is 0 Å². The molecule has 3 aromatic carbocycles. The Labute approximate surface area is 227 Å². The van der Waals surface area contributed by atoms with Crippen LogP contribution in [0.4, 0.5) is 5.82 Å². The maximum Gasteiger partial charge on any atom is 0.305 e. The van der Waals surface area contributed by atoms with E-state index in [1.807, 2.05) is 60.8 Å². The van der Waals surface area contributed by atoms with Gasteiger partial charge in [0.05, 0.1) is 19.1 Å². The van der Waals surface area contributed by atoms with Crippen molar-refractivity contribution >= 4 is 22.7 Å². The number of fused-ring (bicyclic) bond motifs is 2. The maximum atomic E-state index is 11.8. The summed E-state index contributed by atoms with van der Waals surface area (Å²) in [6, 6.07) is 30.3. The summed E-state index contributed by atoms with van der Waals surface area (Å²) >= 11 is 0. The molecule has 2 aromatic heterocycles. The van der Waals surface area contributed by atoms with Gasteiger partial charge in [-0.05, 0) is 65.4 Å². The predicted octanol–water partition coefficient (Wildman–Crippen LogP) is 6.75. The Morgan fingerprint density at radius 3 is 2.62 bits per heavy atom. The summed E-state index contributed by atoms with van der Waals surface area (Å²) in [5.41, 5.74) is 6.48. The van der Waals surface area contributed by atoms with Crippen LogP contribution >= 0.6 is 0 Å². The van der Waals surface area contributed by atoms with Gasteiger partial charge in [-0.25, -0.2) is 4.98 Å². The number of ether oxygens (including phenoxy) is 1. The van der Waals surface area contributed by atoms with Crippen molar-refractivity contribution in [2.24, 2.45) is 0 Å². The third kappa shape index (κ3) is 5.50. The highest BCUT2D eigenvalue weighted by Crippen LogP contribution is 2.31. The number of anilines is 1. The number of carbonyl (C=O) groups is 1. The standard InChI is InChI=1S/C33H31N3O3/c37-32(38)22-31(25-10-8-24(9-11-25)23-5-2-1-3-6-23)36-19-16-27-21-29(14-15-30(27)36)39-20-17-28-13-12-26-7-4-18-34-33(26)35-28/h1-3,5-6,8-16,19,21,31H,4,7,17-18,20,22H2,(H,34,35)(H,37,38). The number of carboxylic acid groups (broad SMARTS) is 1. The van der Waals surface area contributed by atoms with Crippen LogP contribution in [0.25, 0.3) is 22.0 Å². The van der Waals surface area contributed by atoms with Gasteiger partial charge in [0.1, 0.15) is 11.6 Å². The molecule has 1 atom stereocenters. The molecule has 1 aliphatic rings. The van der Waals surface area contributed by atoms with E-state index in [1.54, 1.807) is 0 Å². The normalized spacial score (nSPS) is 13.4. The number of aliphatic carboxylic acids is 1. The number of benzene rings is 3. The van der Waals surface area contributed by atoms with Gasteiger partial charge in [-0.1, -0.05) is 60.7 Å². The number of nitrogens with zero attached hydrogens (tertiary/aromatic N) is 2. The molecule has 0 saturated carbocycles. The lowest BCUT2D eigenvalue weighted by Crippen LogP contribution is -2.14. The van der Waals surface area contributed by atoms with E-state index in [0.717, 1.165) is 70.7 Å². The molecule has 0 spiro atoms. The molecule has 5 aromatic rings. The van der Waals surface area contributed by atoms with E-state index < -0.39 is 5.97 Å². The number of nitrogens with one attached hydrogen (secondary N) is 1. The summed E-state index contributed by atoms with van der Waals surface area (Å²) < 4.78 is 8.12. The van der Waals surface area contributed by atoms with Crippen LogP contribution in [-0.4, -0.2) is 33.8 Å². The average Bonchev–Trinajstić information content (AvgIpc) is 3.39. The second-order valence-corrected chi connectivity index (χ2v) is 9.98. The van der Waals surface area contributed by atoms with E-state index in [9.17, 15) is 9.90 Å². The number of rotatable bonds is 9. The largest absolute Gasteiger partial charge is 0.493 e. The molecule has 0 saturated heterocycles. The number of aromatic nitrogens is 2. The van der Waals surface area contributed by atoms with Crippen molar-refractivity contribution < 1.29 is 14.6 Å². The lowest BCUT2D eigenvalue weighted by atomic mass is 9.99. The van der Waals surface area contributed by atoms with Gasteiger partial charge in [0, 0.05) is 35.8 Å². The molecule has 6 nitrogen and oxygen atoms in total. The second-order valence-electron chi connectivity index (χ2n) is 9.98. The van der Waals surface area contributed by atoms with Crippen molar-refractivity contribution in [1.29, 1.82) is 0 Å². The average molecular weight is 518 g/mol. The van der Waals surface area contributed by atoms with E-state index in [4.69, 9.17) is 9.72 Å². The molecule has 1 unspecified atom stereocenters. The van der Waals surface area contributed by atoms with E-state index in [2.05, 4.69) is 46.3 Å². The van der Waals surface area contributed by atoms with Crippen molar-refractivity contribution in [3.05, 3.63) is 114 Å². The van der Waals surface area contributed by atoms with E-state index in [-0.39, 0.29) is 12.5 Å². The topological polar surface area (TPSA) is 76.4 Å². The maximum absolute atomic E-state index is 11.8. The Bertz CT molecular complexity index is 1590. The number of pyridine rings is 1. The minimum Gasteiger partial charge on any atom is -0.493 e. The second kappa shape index (κ2) is 11.0. The molecule has 1 aliphatic heterocycles. The van der Waals surface area contributed by atoms with Crippen LogP contribution < -0.4 is 10.1 Å². The summed E-state index contributed by atoms with van der Waals surface area (Å²) in [5.74, 6) is 0.963. The van der Waals surface area contributed by atoms with Gasteiger partial charge in [-0.3, -0.25) is 4.79 Å². The fourth-order valence-corrected chi connectivity index (χ4v) is 5.36. The number of carboxylic acids is 1. The zero-order valence-electron chi connectivity index (χ0n) is 21.7. The predicted molar refractivity (Wildman–Crippen MR) is 154 cm³/mol. The first-order valence-corrected chi connectivity index (χ1v) is 13.5. The lowest BCUT2D eigenvalue weighted by Gasteiger charge is -2.20. The molecular formula is C33H31N3O3. The van der Waals surface area contributed by atoms with Crippen molar-refractivity contribution in [3.8, 4) is 16.9 Å². The summed E-state index contributed by atoms with van der Waals surface area (Å²) in [6.45, 7) is 1.51. The summed E-state index contributed by atoms with van der Waals surface area (Å²) in [6.07, 6.45) is 4.93. The first-order chi connectivity index (χ1) is 19.1. The SMILES string of the molecule is O=C(O)CC(c1ccc(-c2ccccc2)cc1)n1ccc2cc(OCCc3ccc4c(n3)NCCC4)ccc21. The Kier molecular flexibility index (Phi) is 7.00. The first-order valence-electron chi connectivity index (χ1n) is 13.5. The molecule has 3 heterocycles. The summed E-state index contributed by atoms with van der Waals surface area (Å²) in [4.78, 5) is 16.6. The number of aryl methyl sites for hydroxylation is 1. The highest BCUT2D eigenvalue weighted by atomic mass is 16.5. The first kappa shape index (κ1) is 24.7. The zero-order valence-corrected chi connectivity index (χ0v) is 21.7.